The summed E-state index contributed by atoms with van der Waals surface area (Å²) in [5, 5.41) is 76.5. The first-order valence-corrected chi connectivity index (χ1v) is 7.05. The molecule has 0 amide bonds. The molecule has 0 spiro atoms. The SMILES string of the molecule is OC[C@@H]1O[C@@H](O[C@@H]2[C@H](CO)O[C@](O)(CO)[C@H]2O)[C@@H](O)[C@H](O)[C@@H]1O. The first-order valence-electron chi connectivity index (χ1n) is 7.05. The number of rotatable bonds is 5. The fourth-order valence-corrected chi connectivity index (χ4v) is 2.63. The Kier molecular flexibility index (Phi) is 5.92. The van der Waals surface area contributed by atoms with Gasteiger partial charge in [-0.2, -0.15) is 0 Å². The lowest BCUT2D eigenvalue weighted by molar-refractivity contribution is -0.318. The summed E-state index contributed by atoms with van der Waals surface area (Å²) in [6, 6.07) is 0. The van der Waals surface area contributed by atoms with Gasteiger partial charge in [-0.15, -0.1) is 0 Å². The van der Waals surface area contributed by atoms with Crippen molar-refractivity contribution in [3.8, 4) is 0 Å². The number of hydrogen-bond donors (Lipinski definition) is 8. The molecule has 0 unspecified atom stereocenters. The van der Waals surface area contributed by atoms with Crippen molar-refractivity contribution >= 4 is 0 Å². The molecule has 0 aliphatic carbocycles. The molecular weight excluding hydrogens is 320 g/mol. The highest BCUT2D eigenvalue weighted by atomic mass is 16.7. The van der Waals surface area contributed by atoms with Crippen molar-refractivity contribution in [3.63, 3.8) is 0 Å². The molecule has 9 atom stereocenters. The summed E-state index contributed by atoms with van der Waals surface area (Å²) in [5.41, 5.74) is 0. The average molecular weight is 342 g/mol. The highest BCUT2D eigenvalue weighted by Gasteiger charge is 2.56. The first kappa shape index (κ1) is 18.9. The van der Waals surface area contributed by atoms with Crippen LogP contribution in [0, 0.1) is 0 Å². The molecule has 0 aromatic carbocycles. The van der Waals surface area contributed by atoms with Crippen molar-refractivity contribution in [3.05, 3.63) is 0 Å². The van der Waals surface area contributed by atoms with Gasteiger partial charge in [-0.1, -0.05) is 0 Å². The van der Waals surface area contributed by atoms with E-state index >= 15 is 0 Å². The summed E-state index contributed by atoms with van der Waals surface area (Å²) in [4.78, 5) is 0. The van der Waals surface area contributed by atoms with Crippen LogP contribution in [0.3, 0.4) is 0 Å². The van der Waals surface area contributed by atoms with Gasteiger partial charge in [0.2, 0.25) is 5.79 Å². The van der Waals surface area contributed by atoms with Crippen molar-refractivity contribution in [2.75, 3.05) is 19.8 Å². The van der Waals surface area contributed by atoms with Gasteiger partial charge in [0.25, 0.3) is 0 Å². The van der Waals surface area contributed by atoms with Crippen LogP contribution in [0.15, 0.2) is 0 Å². The highest BCUT2D eigenvalue weighted by Crippen LogP contribution is 2.33. The van der Waals surface area contributed by atoms with Crippen LogP contribution in [0.5, 0.6) is 0 Å². The number of hydrogen-bond acceptors (Lipinski definition) is 11. The molecule has 11 heteroatoms. The van der Waals surface area contributed by atoms with E-state index in [1.807, 2.05) is 0 Å². The second-order valence-corrected chi connectivity index (χ2v) is 5.58. The smallest absolute Gasteiger partial charge is 0.219 e. The normalized spacial score (nSPS) is 51.1. The quantitative estimate of drug-likeness (QED) is 0.238. The Balaban J connectivity index is 2.13. The Morgan fingerprint density at radius 3 is 2.00 bits per heavy atom. The van der Waals surface area contributed by atoms with E-state index in [1.54, 1.807) is 0 Å². The van der Waals surface area contributed by atoms with Crippen molar-refractivity contribution in [1.29, 1.82) is 0 Å². The third kappa shape index (κ3) is 3.36. The fourth-order valence-electron chi connectivity index (χ4n) is 2.63. The Labute approximate surface area is 130 Å². The van der Waals surface area contributed by atoms with Crippen molar-refractivity contribution < 1.29 is 55.1 Å². The summed E-state index contributed by atoms with van der Waals surface area (Å²) in [7, 11) is 0. The molecule has 136 valence electrons. The summed E-state index contributed by atoms with van der Waals surface area (Å²) < 4.78 is 15.3. The lowest BCUT2D eigenvalue weighted by atomic mass is 9.99. The molecule has 2 aliphatic heterocycles. The van der Waals surface area contributed by atoms with E-state index in [2.05, 4.69) is 0 Å². The largest absolute Gasteiger partial charge is 0.394 e. The van der Waals surface area contributed by atoms with Crippen LogP contribution < -0.4 is 0 Å². The first-order chi connectivity index (χ1) is 10.8. The zero-order valence-corrected chi connectivity index (χ0v) is 12.0. The topological polar surface area (TPSA) is 190 Å². The fraction of sp³-hybridized carbons (Fsp3) is 1.00. The van der Waals surface area contributed by atoms with Crippen molar-refractivity contribution in [2.24, 2.45) is 0 Å². The van der Waals surface area contributed by atoms with Crippen LogP contribution >= 0.6 is 0 Å². The molecule has 2 fully saturated rings. The summed E-state index contributed by atoms with van der Waals surface area (Å²) in [6.07, 6.45) is -12.2. The predicted octanol–water partition coefficient (Wildman–Crippen LogP) is -5.40. The summed E-state index contributed by atoms with van der Waals surface area (Å²) >= 11 is 0. The molecular formula is C12H22O11. The Bertz CT molecular complexity index is 393. The van der Waals surface area contributed by atoms with E-state index in [-0.39, 0.29) is 0 Å². The van der Waals surface area contributed by atoms with Crippen LogP contribution in [0.25, 0.3) is 0 Å². The van der Waals surface area contributed by atoms with Gasteiger partial charge in [0.1, 0.15) is 42.7 Å². The van der Waals surface area contributed by atoms with Crippen LogP contribution in [-0.4, -0.2) is 115 Å². The Morgan fingerprint density at radius 2 is 1.48 bits per heavy atom. The van der Waals surface area contributed by atoms with Crippen LogP contribution in [-0.2, 0) is 14.2 Å². The second-order valence-electron chi connectivity index (χ2n) is 5.58. The maximum atomic E-state index is 10.00. The summed E-state index contributed by atoms with van der Waals surface area (Å²) in [6.45, 7) is -2.32. The second kappa shape index (κ2) is 7.21. The Morgan fingerprint density at radius 1 is 0.870 bits per heavy atom. The molecule has 2 rings (SSSR count). The van der Waals surface area contributed by atoms with Gasteiger partial charge in [-0.25, -0.2) is 0 Å². The molecule has 2 saturated heterocycles. The monoisotopic (exact) mass is 342 g/mol. The van der Waals surface area contributed by atoms with E-state index in [0.29, 0.717) is 0 Å². The van der Waals surface area contributed by atoms with Crippen LogP contribution in [0.1, 0.15) is 0 Å². The van der Waals surface area contributed by atoms with Gasteiger partial charge in [0.05, 0.1) is 19.8 Å². The van der Waals surface area contributed by atoms with Gasteiger partial charge in [-0.3, -0.25) is 0 Å². The highest BCUT2D eigenvalue weighted by molar-refractivity contribution is 4.98. The zero-order chi connectivity index (χ0) is 17.4. The standard InChI is InChI=1S/C12H22O11/c13-1-4-6(16)7(17)8(18)11(21-4)22-9-5(2-14)23-12(20,3-15)10(9)19/h4-11,13-20H,1-3H2/t4-,5-,6+,7+,8-,9+,10-,11-,12+/m0/s1. The Hall–Kier alpha value is -0.440. The van der Waals surface area contributed by atoms with E-state index in [0.717, 1.165) is 0 Å². The molecule has 0 bridgehead atoms. The average Bonchev–Trinajstić information content (AvgIpc) is 2.80. The molecule has 2 aliphatic rings. The number of ether oxygens (including phenoxy) is 3. The molecule has 0 saturated carbocycles. The van der Waals surface area contributed by atoms with Gasteiger partial charge < -0.3 is 55.1 Å². The van der Waals surface area contributed by atoms with E-state index in [9.17, 15) is 30.6 Å². The number of aliphatic hydroxyl groups excluding tert-OH is 7. The molecule has 2 heterocycles. The van der Waals surface area contributed by atoms with Crippen molar-refractivity contribution in [1.82, 2.24) is 0 Å². The number of aliphatic hydroxyl groups is 8. The molecule has 8 N–H and O–H groups in total. The van der Waals surface area contributed by atoms with E-state index in [4.69, 9.17) is 24.4 Å². The molecule has 0 aromatic rings. The predicted molar refractivity (Wildman–Crippen MR) is 68.6 cm³/mol. The van der Waals surface area contributed by atoms with Gasteiger partial charge in [0, 0.05) is 0 Å². The maximum absolute atomic E-state index is 10.00. The van der Waals surface area contributed by atoms with Crippen LogP contribution in [0.2, 0.25) is 0 Å². The van der Waals surface area contributed by atoms with Crippen LogP contribution in [0.4, 0.5) is 0 Å². The minimum atomic E-state index is -2.37. The maximum Gasteiger partial charge on any atom is 0.219 e. The zero-order valence-electron chi connectivity index (χ0n) is 12.0. The third-order valence-electron chi connectivity index (χ3n) is 4.04. The third-order valence-corrected chi connectivity index (χ3v) is 4.04. The van der Waals surface area contributed by atoms with E-state index in [1.165, 1.54) is 0 Å². The minimum Gasteiger partial charge on any atom is -0.394 e. The lowest BCUT2D eigenvalue weighted by Crippen LogP contribution is -2.60. The van der Waals surface area contributed by atoms with Gasteiger partial charge in [-0.05, 0) is 0 Å². The molecule has 0 aromatic heterocycles. The molecule has 23 heavy (non-hydrogen) atoms. The summed E-state index contributed by atoms with van der Waals surface area (Å²) in [5.74, 6) is -2.37. The van der Waals surface area contributed by atoms with Crippen molar-refractivity contribution in [2.45, 2.75) is 54.8 Å². The molecule has 0 radical (unpaired) electrons. The van der Waals surface area contributed by atoms with Gasteiger partial charge >= 0.3 is 0 Å². The van der Waals surface area contributed by atoms with E-state index < -0.39 is 74.6 Å². The molecule has 11 nitrogen and oxygen atoms in total. The lowest BCUT2D eigenvalue weighted by Gasteiger charge is -2.41. The minimum absolute atomic E-state index is 0.668. The van der Waals surface area contributed by atoms with Gasteiger partial charge in [0.15, 0.2) is 6.29 Å².